The van der Waals surface area contributed by atoms with Gasteiger partial charge in [-0.15, -0.1) is 0 Å². The van der Waals surface area contributed by atoms with Gasteiger partial charge in [-0.05, 0) is 24.5 Å². The Balaban J connectivity index is 3.45. The fraction of sp³-hybridized carbons (Fsp3) is 0.455. The number of aryl methyl sites for hydroxylation is 1. The molecule has 0 aliphatic carbocycles. The molecule has 1 rings (SSSR count). The lowest BCUT2D eigenvalue weighted by atomic mass is 10.00. The van der Waals surface area contributed by atoms with Crippen LogP contribution in [0.5, 0.6) is 5.75 Å². The molecule has 0 saturated carbocycles. The largest absolute Gasteiger partial charge is 0.494 e. The van der Waals surface area contributed by atoms with Crippen molar-refractivity contribution in [1.29, 1.82) is 0 Å². The Morgan fingerprint density at radius 1 is 1.43 bits per heavy atom. The predicted octanol–water partition coefficient (Wildman–Crippen LogP) is 4.03. The van der Waals surface area contributed by atoms with Crippen LogP contribution in [-0.4, -0.2) is 7.11 Å². The second kappa shape index (κ2) is 4.30. The molecule has 78 valence electrons. The summed E-state index contributed by atoms with van der Waals surface area (Å²) in [6, 6.07) is 1.70. The van der Waals surface area contributed by atoms with Gasteiger partial charge in [0.1, 0.15) is 0 Å². The lowest BCUT2D eigenvalue weighted by Gasteiger charge is -2.14. The summed E-state index contributed by atoms with van der Waals surface area (Å²) in [5.74, 6) is 0.188. The number of benzene rings is 1. The second-order valence-electron chi connectivity index (χ2n) is 3.59. The smallest absolute Gasteiger partial charge is 0.169 e. The van der Waals surface area contributed by atoms with E-state index in [1.54, 1.807) is 6.07 Å². The molecule has 0 unspecified atom stereocenters. The van der Waals surface area contributed by atoms with E-state index >= 15 is 0 Å². The van der Waals surface area contributed by atoms with Gasteiger partial charge in [0.15, 0.2) is 11.6 Å². The average molecular weight is 261 g/mol. The first-order valence-electron chi connectivity index (χ1n) is 4.51. The third kappa shape index (κ3) is 1.92. The van der Waals surface area contributed by atoms with Gasteiger partial charge in [-0.2, -0.15) is 0 Å². The van der Waals surface area contributed by atoms with Gasteiger partial charge in [0.2, 0.25) is 0 Å². The molecule has 0 aliphatic heterocycles. The van der Waals surface area contributed by atoms with Gasteiger partial charge < -0.3 is 4.74 Å². The molecule has 0 heterocycles. The monoisotopic (exact) mass is 260 g/mol. The van der Waals surface area contributed by atoms with Crippen molar-refractivity contribution in [3.63, 3.8) is 0 Å². The minimum Gasteiger partial charge on any atom is -0.494 e. The van der Waals surface area contributed by atoms with Gasteiger partial charge >= 0.3 is 0 Å². The molecule has 1 aromatic carbocycles. The number of methoxy groups -OCH3 is 1. The van der Waals surface area contributed by atoms with Crippen molar-refractivity contribution in [2.75, 3.05) is 7.11 Å². The number of ether oxygens (including phenoxy) is 1. The zero-order chi connectivity index (χ0) is 10.9. The predicted molar refractivity (Wildman–Crippen MR) is 59.5 cm³/mol. The van der Waals surface area contributed by atoms with Gasteiger partial charge in [0, 0.05) is 10.0 Å². The Hall–Kier alpha value is -0.570. The number of rotatable bonds is 2. The topological polar surface area (TPSA) is 9.23 Å². The molecule has 0 spiro atoms. The number of hydrogen-bond donors (Lipinski definition) is 0. The summed E-state index contributed by atoms with van der Waals surface area (Å²) in [5.41, 5.74) is 1.67. The second-order valence-corrected chi connectivity index (χ2v) is 4.39. The molecule has 14 heavy (non-hydrogen) atoms. The van der Waals surface area contributed by atoms with E-state index in [4.69, 9.17) is 4.74 Å². The van der Waals surface area contributed by atoms with Crippen LogP contribution in [0, 0.1) is 12.7 Å². The van der Waals surface area contributed by atoms with Crippen LogP contribution in [0.15, 0.2) is 10.5 Å². The van der Waals surface area contributed by atoms with Crippen molar-refractivity contribution in [1.82, 2.24) is 0 Å². The van der Waals surface area contributed by atoms with E-state index in [2.05, 4.69) is 15.9 Å². The highest BCUT2D eigenvalue weighted by Gasteiger charge is 2.17. The minimum absolute atomic E-state index is 0.137. The normalized spacial score (nSPS) is 10.8. The fourth-order valence-corrected chi connectivity index (χ4v) is 2.17. The molecule has 0 saturated heterocycles. The zero-order valence-corrected chi connectivity index (χ0v) is 10.4. The van der Waals surface area contributed by atoms with E-state index in [9.17, 15) is 4.39 Å². The van der Waals surface area contributed by atoms with E-state index in [1.807, 2.05) is 20.8 Å². The molecule has 0 radical (unpaired) electrons. The highest BCUT2D eigenvalue weighted by molar-refractivity contribution is 9.10. The molecular formula is C11H14BrFO. The Morgan fingerprint density at radius 3 is 2.43 bits per heavy atom. The molecule has 0 atom stereocenters. The highest BCUT2D eigenvalue weighted by atomic mass is 79.9. The van der Waals surface area contributed by atoms with Crippen LogP contribution in [0.1, 0.15) is 30.9 Å². The first kappa shape index (κ1) is 11.5. The lowest BCUT2D eigenvalue weighted by molar-refractivity contribution is 0.382. The van der Waals surface area contributed by atoms with Crippen LogP contribution in [0.2, 0.25) is 0 Å². The SMILES string of the molecule is COc1cc(C)c(Br)c(C(C)C)c1F. The molecule has 0 aliphatic rings. The van der Waals surface area contributed by atoms with Crippen molar-refractivity contribution in [3.8, 4) is 5.75 Å². The third-order valence-electron chi connectivity index (χ3n) is 2.18. The summed E-state index contributed by atoms with van der Waals surface area (Å²) in [6.45, 7) is 5.85. The molecule has 0 N–H and O–H groups in total. The van der Waals surface area contributed by atoms with E-state index in [1.165, 1.54) is 7.11 Å². The lowest BCUT2D eigenvalue weighted by Crippen LogP contribution is -2.00. The summed E-state index contributed by atoms with van der Waals surface area (Å²) in [7, 11) is 1.48. The summed E-state index contributed by atoms with van der Waals surface area (Å²) in [6.07, 6.45) is 0. The van der Waals surface area contributed by atoms with Gasteiger partial charge in [0.05, 0.1) is 7.11 Å². The van der Waals surface area contributed by atoms with Crippen molar-refractivity contribution in [2.24, 2.45) is 0 Å². The minimum atomic E-state index is -0.264. The fourth-order valence-electron chi connectivity index (χ4n) is 1.42. The van der Waals surface area contributed by atoms with Crippen LogP contribution in [-0.2, 0) is 0 Å². The summed E-state index contributed by atoms with van der Waals surface area (Å²) in [5, 5.41) is 0. The van der Waals surface area contributed by atoms with Crippen LogP contribution in [0.3, 0.4) is 0 Å². The van der Waals surface area contributed by atoms with E-state index in [0.29, 0.717) is 11.3 Å². The summed E-state index contributed by atoms with van der Waals surface area (Å²) < 4.78 is 19.6. The third-order valence-corrected chi connectivity index (χ3v) is 3.23. The maximum Gasteiger partial charge on any atom is 0.169 e. The van der Waals surface area contributed by atoms with Crippen LogP contribution in [0.4, 0.5) is 4.39 Å². The Kier molecular flexibility index (Phi) is 3.53. The number of halogens is 2. The molecule has 0 aromatic heterocycles. The van der Waals surface area contributed by atoms with Crippen LogP contribution in [0.25, 0.3) is 0 Å². The quantitative estimate of drug-likeness (QED) is 0.781. The molecule has 1 aromatic rings. The van der Waals surface area contributed by atoms with Gasteiger partial charge in [-0.3, -0.25) is 0 Å². The first-order chi connectivity index (χ1) is 6.49. The van der Waals surface area contributed by atoms with Crippen molar-refractivity contribution >= 4 is 15.9 Å². The molecule has 0 fully saturated rings. The van der Waals surface area contributed by atoms with E-state index in [0.717, 1.165) is 10.0 Å². The molecule has 3 heteroatoms. The van der Waals surface area contributed by atoms with Gasteiger partial charge in [-0.1, -0.05) is 29.8 Å². The van der Waals surface area contributed by atoms with E-state index in [-0.39, 0.29) is 11.7 Å². The van der Waals surface area contributed by atoms with E-state index < -0.39 is 0 Å². The first-order valence-corrected chi connectivity index (χ1v) is 5.30. The highest BCUT2D eigenvalue weighted by Crippen LogP contribution is 2.35. The summed E-state index contributed by atoms with van der Waals surface area (Å²) in [4.78, 5) is 0. The maximum atomic E-state index is 13.8. The number of hydrogen-bond acceptors (Lipinski definition) is 1. The standard InChI is InChI=1S/C11H14BrFO/c1-6(2)9-10(12)7(3)5-8(14-4)11(9)13/h5-6H,1-4H3. The Bertz CT molecular complexity index is 348. The van der Waals surface area contributed by atoms with Crippen molar-refractivity contribution < 1.29 is 9.13 Å². The molecule has 1 nitrogen and oxygen atoms in total. The average Bonchev–Trinajstić information content (AvgIpc) is 2.11. The van der Waals surface area contributed by atoms with Crippen LogP contribution >= 0.6 is 15.9 Å². The maximum absolute atomic E-state index is 13.8. The van der Waals surface area contributed by atoms with Crippen molar-refractivity contribution in [2.45, 2.75) is 26.7 Å². The zero-order valence-electron chi connectivity index (χ0n) is 8.82. The Labute approximate surface area is 92.4 Å². The van der Waals surface area contributed by atoms with Gasteiger partial charge in [-0.25, -0.2) is 4.39 Å². The molecule has 0 bridgehead atoms. The Morgan fingerprint density at radius 2 is 2.00 bits per heavy atom. The molecular weight excluding hydrogens is 247 g/mol. The van der Waals surface area contributed by atoms with Crippen LogP contribution < -0.4 is 4.74 Å². The summed E-state index contributed by atoms with van der Waals surface area (Å²) >= 11 is 3.40. The van der Waals surface area contributed by atoms with Crippen molar-refractivity contribution in [3.05, 3.63) is 27.5 Å². The van der Waals surface area contributed by atoms with Gasteiger partial charge in [0.25, 0.3) is 0 Å². The molecule has 0 amide bonds.